The molecule has 3 rings (SSSR count). The van der Waals surface area contributed by atoms with Crippen LogP contribution in [0.4, 0.5) is 0 Å². The molecule has 1 aromatic rings. The Kier molecular flexibility index (Phi) is 7.52. The van der Waals surface area contributed by atoms with Crippen LogP contribution in [0.3, 0.4) is 0 Å². The maximum absolute atomic E-state index is 13.1. The van der Waals surface area contributed by atoms with Gasteiger partial charge in [-0.3, -0.25) is 4.79 Å². The molecule has 0 bridgehead atoms. The zero-order chi connectivity index (χ0) is 17.9. The summed E-state index contributed by atoms with van der Waals surface area (Å²) in [6, 6.07) is 1.53. The van der Waals surface area contributed by atoms with Crippen molar-refractivity contribution in [3.05, 3.63) is 18.0 Å². The molecule has 0 spiro atoms. The summed E-state index contributed by atoms with van der Waals surface area (Å²) >= 11 is 0. The second-order valence-corrected chi connectivity index (χ2v) is 8.74. The van der Waals surface area contributed by atoms with Gasteiger partial charge in [0.15, 0.2) is 0 Å². The Bertz CT molecular complexity index is 695. The highest BCUT2D eigenvalue weighted by molar-refractivity contribution is 7.89. The van der Waals surface area contributed by atoms with Gasteiger partial charge in [-0.15, -0.1) is 12.4 Å². The molecule has 2 saturated heterocycles. The minimum atomic E-state index is -3.60. The van der Waals surface area contributed by atoms with E-state index < -0.39 is 10.0 Å². The fourth-order valence-electron chi connectivity index (χ4n) is 3.69. The summed E-state index contributed by atoms with van der Waals surface area (Å²) in [5, 5.41) is 3.28. The molecule has 0 saturated carbocycles. The molecule has 0 aliphatic carbocycles. The van der Waals surface area contributed by atoms with E-state index in [1.165, 1.54) is 12.3 Å². The maximum atomic E-state index is 13.1. The van der Waals surface area contributed by atoms with Gasteiger partial charge in [0.05, 0.1) is 0 Å². The van der Waals surface area contributed by atoms with Crippen molar-refractivity contribution in [1.82, 2.24) is 19.5 Å². The maximum Gasteiger partial charge on any atom is 0.270 e. The SMILES string of the molecule is CCCN(C1CCNCC1)S(=O)(=O)c1c[nH]c(C(=O)N2CCCC2)c1.Cl. The number of aromatic amines is 1. The number of carbonyl (C=O) groups is 1. The molecule has 26 heavy (non-hydrogen) atoms. The van der Waals surface area contributed by atoms with E-state index in [1.807, 2.05) is 6.92 Å². The number of amides is 1. The van der Waals surface area contributed by atoms with Gasteiger partial charge in [-0.25, -0.2) is 8.42 Å². The molecular formula is C17H29ClN4O3S. The van der Waals surface area contributed by atoms with Gasteiger partial charge in [0.1, 0.15) is 10.6 Å². The first-order valence-corrected chi connectivity index (χ1v) is 10.7. The number of hydrogen-bond donors (Lipinski definition) is 2. The van der Waals surface area contributed by atoms with Crippen molar-refractivity contribution in [3.8, 4) is 0 Å². The van der Waals surface area contributed by atoms with Crippen molar-refractivity contribution in [2.75, 3.05) is 32.7 Å². The van der Waals surface area contributed by atoms with E-state index in [1.54, 1.807) is 9.21 Å². The van der Waals surface area contributed by atoms with Crippen molar-refractivity contribution in [3.63, 3.8) is 0 Å². The molecule has 2 aliphatic heterocycles. The quantitative estimate of drug-likeness (QED) is 0.757. The number of likely N-dealkylation sites (tertiary alicyclic amines) is 1. The minimum Gasteiger partial charge on any atom is -0.356 e. The Morgan fingerprint density at radius 1 is 1.27 bits per heavy atom. The lowest BCUT2D eigenvalue weighted by atomic mass is 10.1. The Morgan fingerprint density at radius 2 is 1.92 bits per heavy atom. The third kappa shape index (κ3) is 4.42. The molecule has 2 N–H and O–H groups in total. The molecular weight excluding hydrogens is 376 g/mol. The summed E-state index contributed by atoms with van der Waals surface area (Å²) in [5.74, 6) is -0.108. The van der Waals surface area contributed by atoms with Gasteiger partial charge in [0.2, 0.25) is 10.0 Å². The van der Waals surface area contributed by atoms with Crippen LogP contribution in [0.15, 0.2) is 17.2 Å². The number of hydrogen-bond acceptors (Lipinski definition) is 4. The van der Waals surface area contributed by atoms with E-state index in [0.717, 1.165) is 58.3 Å². The van der Waals surface area contributed by atoms with E-state index >= 15 is 0 Å². The van der Waals surface area contributed by atoms with Gasteiger partial charge in [-0.2, -0.15) is 4.31 Å². The molecule has 9 heteroatoms. The zero-order valence-corrected chi connectivity index (χ0v) is 16.9. The first kappa shape index (κ1) is 21.2. The second-order valence-electron chi connectivity index (χ2n) is 6.85. The van der Waals surface area contributed by atoms with Crippen LogP contribution in [0.25, 0.3) is 0 Å². The highest BCUT2D eigenvalue weighted by atomic mass is 35.5. The molecule has 0 atom stereocenters. The fourth-order valence-corrected chi connectivity index (χ4v) is 5.46. The zero-order valence-electron chi connectivity index (χ0n) is 15.2. The Morgan fingerprint density at radius 3 is 2.54 bits per heavy atom. The summed E-state index contributed by atoms with van der Waals surface area (Å²) in [6.45, 7) is 5.67. The van der Waals surface area contributed by atoms with Gasteiger partial charge in [0, 0.05) is 31.9 Å². The molecule has 2 aliphatic rings. The van der Waals surface area contributed by atoms with Crippen molar-refractivity contribution < 1.29 is 13.2 Å². The van der Waals surface area contributed by atoms with Crippen molar-refractivity contribution in [2.45, 2.75) is 50.0 Å². The van der Waals surface area contributed by atoms with Crippen molar-refractivity contribution in [1.29, 1.82) is 0 Å². The van der Waals surface area contributed by atoms with Crippen molar-refractivity contribution >= 4 is 28.3 Å². The van der Waals surface area contributed by atoms with Crippen LogP contribution in [0.5, 0.6) is 0 Å². The predicted octanol–water partition coefficient (Wildman–Crippen LogP) is 1.83. The standard InChI is InChI=1S/C17H28N4O3S.ClH/c1-2-9-21(14-5-7-18-8-6-14)25(23,24)15-12-16(19-13-15)17(22)20-10-3-4-11-20;/h12-14,18-19H,2-11H2,1H3;1H. The minimum absolute atomic E-state index is 0. The average molecular weight is 405 g/mol. The monoisotopic (exact) mass is 404 g/mol. The number of aromatic nitrogens is 1. The third-order valence-electron chi connectivity index (χ3n) is 5.05. The molecule has 2 fully saturated rings. The molecule has 1 aromatic heterocycles. The molecule has 0 radical (unpaired) electrons. The fraction of sp³-hybridized carbons (Fsp3) is 0.706. The highest BCUT2D eigenvalue weighted by Gasteiger charge is 2.33. The third-order valence-corrected chi connectivity index (χ3v) is 6.98. The number of carbonyl (C=O) groups excluding carboxylic acids is 1. The van der Waals surface area contributed by atoms with E-state index in [4.69, 9.17) is 0 Å². The van der Waals surface area contributed by atoms with E-state index in [-0.39, 0.29) is 29.3 Å². The van der Waals surface area contributed by atoms with Gasteiger partial charge in [-0.05, 0) is 51.3 Å². The van der Waals surface area contributed by atoms with Crippen LogP contribution < -0.4 is 5.32 Å². The number of rotatable bonds is 6. The number of nitrogens with one attached hydrogen (secondary N) is 2. The summed E-state index contributed by atoms with van der Waals surface area (Å²) < 4.78 is 27.9. The summed E-state index contributed by atoms with van der Waals surface area (Å²) in [6.07, 6.45) is 5.90. The van der Waals surface area contributed by atoms with Crippen LogP contribution in [0.2, 0.25) is 0 Å². The van der Waals surface area contributed by atoms with Crippen molar-refractivity contribution in [2.24, 2.45) is 0 Å². The van der Waals surface area contributed by atoms with E-state index in [9.17, 15) is 13.2 Å². The number of piperidine rings is 1. The Balaban J connectivity index is 0.00000243. The number of sulfonamides is 1. The lowest BCUT2D eigenvalue weighted by Crippen LogP contribution is -2.46. The lowest BCUT2D eigenvalue weighted by molar-refractivity contribution is 0.0787. The molecule has 7 nitrogen and oxygen atoms in total. The van der Waals surface area contributed by atoms with E-state index in [0.29, 0.717) is 12.2 Å². The predicted molar refractivity (Wildman–Crippen MR) is 103 cm³/mol. The van der Waals surface area contributed by atoms with Gasteiger partial charge >= 0.3 is 0 Å². The molecule has 148 valence electrons. The smallest absolute Gasteiger partial charge is 0.270 e. The summed E-state index contributed by atoms with van der Waals surface area (Å²) in [4.78, 5) is 17.3. The number of halogens is 1. The molecule has 1 amide bonds. The topological polar surface area (TPSA) is 85.5 Å². The van der Waals surface area contributed by atoms with Crippen LogP contribution >= 0.6 is 12.4 Å². The lowest BCUT2D eigenvalue weighted by Gasteiger charge is -2.33. The number of nitrogens with zero attached hydrogens (tertiary/aromatic N) is 2. The molecule has 3 heterocycles. The Hall–Kier alpha value is -1.09. The Labute approximate surface area is 162 Å². The van der Waals surface area contributed by atoms with Crippen LogP contribution in [0.1, 0.15) is 49.5 Å². The first-order chi connectivity index (χ1) is 12.0. The second kappa shape index (κ2) is 9.21. The largest absolute Gasteiger partial charge is 0.356 e. The van der Waals surface area contributed by atoms with Crippen LogP contribution in [-0.2, 0) is 10.0 Å². The van der Waals surface area contributed by atoms with Crippen LogP contribution in [0, 0.1) is 0 Å². The van der Waals surface area contributed by atoms with Gasteiger partial charge in [-0.1, -0.05) is 6.92 Å². The van der Waals surface area contributed by atoms with E-state index in [2.05, 4.69) is 10.3 Å². The highest BCUT2D eigenvalue weighted by Crippen LogP contribution is 2.24. The number of H-pyrrole nitrogens is 1. The summed E-state index contributed by atoms with van der Waals surface area (Å²) in [5.41, 5.74) is 0.363. The van der Waals surface area contributed by atoms with Crippen LogP contribution in [-0.4, -0.2) is 67.3 Å². The molecule has 0 unspecified atom stereocenters. The van der Waals surface area contributed by atoms with Gasteiger partial charge in [0.25, 0.3) is 5.91 Å². The normalized spacial score (nSPS) is 18.9. The average Bonchev–Trinajstić information content (AvgIpc) is 3.31. The first-order valence-electron chi connectivity index (χ1n) is 9.24. The summed E-state index contributed by atoms with van der Waals surface area (Å²) in [7, 11) is -3.60. The molecule has 0 aromatic carbocycles. The van der Waals surface area contributed by atoms with Gasteiger partial charge < -0.3 is 15.2 Å².